The minimum Gasteiger partial charge on any atom is -0.381 e. The topological polar surface area (TPSA) is 123 Å². The second-order valence-corrected chi connectivity index (χ2v) is 13.1. The minimum atomic E-state index is -3.37. The summed E-state index contributed by atoms with van der Waals surface area (Å²) in [5.41, 5.74) is 1.53. The van der Waals surface area contributed by atoms with E-state index in [0.717, 1.165) is 32.6 Å². The fourth-order valence-corrected chi connectivity index (χ4v) is 6.00. The summed E-state index contributed by atoms with van der Waals surface area (Å²) in [5, 5.41) is 3.39. The Hall–Kier alpha value is -1.85. The Balaban J connectivity index is 1.43. The van der Waals surface area contributed by atoms with Crippen molar-refractivity contribution in [2.24, 2.45) is 11.8 Å². The first-order valence-electron chi connectivity index (χ1n) is 12.6. The Morgan fingerprint density at radius 3 is 2.62 bits per heavy atom. The molecule has 9 nitrogen and oxygen atoms in total. The van der Waals surface area contributed by atoms with Crippen LogP contribution < -0.4 is 10.0 Å². The third kappa shape index (κ3) is 7.38. The van der Waals surface area contributed by atoms with Gasteiger partial charge in [0.25, 0.3) is 0 Å². The maximum absolute atomic E-state index is 13.0. The number of ketones is 1. The maximum Gasteiger partial charge on any atom is 0.214 e. The highest BCUT2D eigenvalue weighted by atomic mass is 35.5. The van der Waals surface area contributed by atoms with Gasteiger partial charge in [-0.05, 0) is 57.9 Å². The fraction of sp³-hybridized carbons (Fsp3) is 0.600. The molecule has 2 N–H and O–H groups in total. The van der Waals surface area contributed by atoms with E-state index < -0.39 is 15.3 Å². The van der Waals surface area contributed by atoms with Gasteiger partial charge in [-0.3, -0.25) is 9.78 Å². The molecule has 0 bridgehead atoms. The molecule has 1 saturated heterocycles. The zero-order chi connectivity index (χ0) is 26.6. The molecule has 2 atom stereocenters. The van der Waals surface area contributed by atoms with Gasteiger partial charge in [0, 0.05) is 55.6 Å². The standard InChI is InChI=1S/C25H33Cl2N5O4S/c1-15(2)37(34,35)32-18-4-3-17(9-18)22(33)11-19-10-20(21(26)13-28-19)24-25(27)30-14-23(31-24)29-12-16-5-7-36-8-6-16/h10,13-18,32H,3-9,11-12H2,1-2H3,(H,29,31)/t17-,18+/m0/s1. The average molecular weight is 571 g/mol. The predicted octanol–water partition coefficient (Wildman–Crippen LogP) is 4.29. The van der Waals surface area contributed by atoms with E-state index in [1.807, 2.05) is 0 Å². The van der Waals surface area contributed by atoms with Crippen LogP contribution in [-0.2, 0) is 26.0 Å². The van der Waals surface area contributed by atoms with Gasteiger partial charge >= 0.3 is 0 Å². The number of nitrogens with zero attached hydrogens (tertiary/aromatic N) is 3. The van der Waals surface area contributed by atoms with Gasteiger partial charge in [-0.2, -0.15) is 0 Å². The number of hydrogen-bond acceptors (Lipinski definition) is 8. The van der Waals surface area contributed by atoms with Crippen LogP contribution in [0, 0.1) is 11.8 Å². The molecule has 0 amide bonds. The predicted molar refractivity (Wildman–Crippen MR) is 144 cm³/mol. The third-order valence-corrected chi connectivity index (χ3v) is 9.48. The van der Waals surface area contributed by atoms with E-state index in [1.54, 1.807) is 26.1 Å². The minimum absolute atomic E-state index is 0.0241. The van der Waals surface area contributed by atoms with E-state index >= 15 is 0 Å². The SMILES string of the molecule is CC(C)S(=O)(=O)N[C@@H]1CC[C@H](C(=O)Cc2cc(-c3nc(NCC4CCOCC4)cnc3Cl)c(Cl)cn2)C1. The van der Waals surface area contributed by atoms with E-state index in [-0.39, 0.29) is 29.3 Å². The van der Waals surface area contributed by atoms with E-state index in [1.165, 1.54) is 6.20 Å². The summed E-state index contributed by atoms with van der Waals surface area (Å²) in [6.45, 7) is 5.58. The molecule has 0 spiro atoms. The molecular weight excluding hydrogens is 537 g/mol. The molecule has 2 aromatic rings. The van der Waals surface area contributed by atoms with Crippen LogP contribution >= 0.6 is 23.2 Å². The average Bonchev–Trinajstić information content (AvgIpc) is 3.33. The zero-order valence-electron chi connectivity index (χ0n) is 21.0. The molecule has 1 saturated carbocycles. The lowest BCUT2D eigenvalue weighted by atomic mass is 9.97. The summed E-state index contributed by atoms with van der Waals surface area (Å²) in [4.78, 5) is 26.3. The molecule has 2 aromatic heterocycles. The normalized spacial score (nSPS) is 20.9. The van der Waals surface area contributed by atoms with E-state index in [0.29, 0.717) is 53.0 Å². The highest BCUT2D eigenvalue weighted by Gasteiger charge is 2.33. The molecule has 202 valence electrons. The smallest absolute Gasteiger partial charge is 0.214 e. The van der Waals surface area contributed by atoms with Gasteiger partial charge in [-0.25, -0.2) is 23.1 Å². The lowest BCUT2D eigenvalue weighted by Gasteiger charge is -2.22. The molecule has 2 fully saturated rings. The Bertz CT molecular complexity index is 1220. The van der Waals surface area contributed by atoms with Crippen molar-refractivity contribution in [2.45, 2.75) is 63.7 Å². The Kier molecular flexibility index (Phi) is 9.39. The van der Waals surface area contributed by atoms with Crippen molar-refractivity contribution in [1.82, 2.24) is 19.7 Å². The number of rotatable bonds is 10. The quantitative estimate of drug-likeness (QED) is 0.434. The van der Waals surface area contributed by atoms with Crippen LogP contribution in [0.4, 0.5) is 5.82 Å². The molecule has 0 radical (unpaired) electrons. The molecule has 37 heavy (non-hydrogen) atoms. The van der Waals surface area contributed by atoms with Crippen molar-refractivity contribution < 1.29 is 17.9 Å². The highest BCUT2D eigenvalue weighted by molar-refractivity contribution is 7.90. The van der Waals surface area contributed by atoms with Gasteiger partial charge in [0.2, 0.25) is 10.0 Å². The van der Waals surface area contributed by atoms with Crippen molar-refractivity contribution in [3.05, 3.63) is 34.3 Å². The van der Waals surface area contributed by atoms with Gasteiger partial charge in [0.15, 0.2) is 5.15 Å². The molecule has 4 rings (SSSR count). The fourth-order valence-electron chi connectivity index (χ4n) is 4.66. The second-order valence-electron chi connectivity index (χ2n) is 10.0. The molecule has 1 aliphatic heterocycles. The highest BCUT2D eigenvalue weighted by Crippen LogP contribution is 2.33. The summed E-state index contributed by atoms with van der Waals surface area (Å²) in [6, 6.07) is 1.51. The number of anilines is 1. The first-order valence-corrected chi connectivity index (χ1v) is 15.0. The number of hydrogen-bond donors (Lipinski definition) is 2. The van der Waals surface area contributed by atoms with Crippen molar-refractivity contribution in [3.63, 3.8) is 0 Å². The van der Waals surface area contributed by atoms with Crippen LogP contribution in [0.5, 0.6) is 0 Å². The van der Waals surface area contributed by atoms with Gasteiger partial charge in [-0.1, -0.05) is 23.2 Å². The van der Waals surface area contributed by atoms with Crippen LogP contribution in [0.1, 0.15) is 51.6 Å². The maximum atomic E-state index is 13.0. The molecule has 0 unspecified atom stereocenters. The Morgan fingerprint density at radius 1 is 1.14 bits per heavy atom. The molecule has 12 heteroatoms. The summed E-state index contributed by atoms with van der Waals surface area (Å²) in [6.07, 6.45) is 6.97. The van der Waals surface area contributed by atoms with Crippen LogP contribution in [0.2, 0.25) is 10.2 Å². The van der Waals surface area contributed by atoms with Crippen molar-refractivity contribution in [3.8, 4) is 11.3 Å². The van der Waals surface area contributed by atoms with E-state index in [9.17, 15) is 13.2 Å². The molecule has 2 aliphatic rings. The molecular formula is C25H33Cl2N5O4S. The number of pyridine rings is 1. The number of aromatic nitrogens is 3. The van der Waals surface area contributed by atoms with Crippen LogP contribution in [0.3, 0.4) is 0 Å². The number of ether oxygens (including phenoxy) is 1. The van der Waals surface area contributed by atoms with Gasteiger partial charge < -0.3 is 10.1 Å². The summed E-state index contributed by atoms with van der Waals surface area (Å²) < 4.78 is 32.5. The van der Waals surface area contributed by atoms with E-state index in [4.69, 9.17) is 27.9 Å². The number of halogens is 2. The number of carbonyl (C=O) groups excluding carboxylic acids is 1. The van der Waals surface area contributed by atoms with Gasteiger partial charge in [0.1, 0.15) is 17.3 Å². The monoisotopic (exact) mass is 569 g/mol. The number of carbonyl (C=O) groups is 1. The second kappa shape index (κ2) is 12.3. The van der Waals surface area contributed by atoms with Crippen molar-refractivity contribution in [1.29, 1.82) is 0 Å². The van der Waals surface area contributed by atoms with Crippen LogP contribution in [-0.4, -0.2) is 60.2 Å². The van der Waals surface area contributed by atoms with Crippen molar-refractivity contribution >= 4 is 44.8 Å². The van der Waals surface area contributed by atoms with Gasteiger partial charge in [-0.15, -0.1) is 0 Å². The number of sulfonamides is 1. The van der Waals surface area contributed by atoms with Crippen LogP contribution in [0.15, 0.2) is 18.5 Å². The largest absolute Gasteiger partial charge is 0.381 e. The third-order valence-electron chi connectivity index (χ3n) is 7.00. The first kappa shape index (κ1) is 28.2. The summed E-state index contributed by atoms with van der Waals surface area (Å²) in [5.74, 6) is 0.905. The molecule has 0 aromatic carbocycles. The number of Topliss-reactive ketones (excluding diaryl/α,β-unsaturated/α-hetero) is 1. The Morgan fingerprint density at radius 2 is 1.89 bits per heavy atom. The van der Waals surface area contributed by atoms with Crippen molar-refractivity contribution in [2.75, 3.05) is 25.1 Å². The summed E-state index contributed by atoms with van der Waals surface area (Å²) >= 11 is 12.8. The lowest BCUT2D eigenvalue weighted by Crippen LogP contribution is -2.38. The summed E-state index contributed by atoms with van der Waals surface area (Å²) in [7, 11) is -3.37. The number of nitrogens with one attached hydrogen (secondary N) is 2. The molecule has 3 heterocycles. The van der Waals surface area contributed by atoms with Gasteiger partial charge in [0.05, 0.1) is 16.5 Å². The lowest BCUT2D eigenvalue weighted by molar-refractivity contribution is -0.122. The molecule has 1 aliphatic carbocycles. The van der Waals surface area contributed by atoms with Crippen LogP contribution in [0.25, 0.3) is 11.3 Å². The van der Waals surface area contributed by atoms with E-state index in [2.05, 4.69) is 25.0 Å². The first-order chi connectivity index (χ1) is 17.6. The Labute approximate surface area is 228 Å². The zero-order valence-corrected chi connectivity index (χ0v) is 23.4.